The van der Waals surface area contributed by atoms with Gasteiger partial charge in [-0.2, -0.15) is 5.10 Å². The molecule has 3 rings (SSSR count). The van der Waals surface area contributed by atoms with E-state index in [9.17, 15) is 9.90 Å². The van der Waals surface area contributed by atoms with Gasteiger partial charge in [-0.15, -0.1) is 0 Å². The van der Waals surface area contributed by atoms with Gasteiger partial charge in [0.25, 0.3) is 0 Å². The monoisotopic (exact) mass is 308 g/mol. The second-order valence-electron chi connectivity index (χ2n) is 5.14. The molecule has 0 fully saturated rings. The smallest absolute Gasteiger partial charge is 0.358 e. The number of para-hydroxylation sites is 1. The molecule has 5 heteroatoms. The lowest BCUT2D eigenvalue weighted by Crippen LogP contribution is -2.10. The summed E-state index contributed by atoms with van der Waals surface area (Å²) in [5, 5.41) is 13.7. The van der Waals surface area contributed by atoms with Gasteiger partial charge >= 0.3 is 5.97 Å². The van der Waals surface area contributed by atoms with Crippen LogP contribution in [0.2, 0.25) is 0 Å². The van der Waals surface area contributed by atoms with Crippen molar-refractivity contribution >= 4 is 5.97 Å². The molecule has 0 unspecified atom stereocenters. The standard InChI is InChI=1S/C18H16N2O3/c1-13-7-5-6-10-15(13)20-17(18(21)22)16(11-19-20)23-12-14-8-3-2-4-9-14/h2-11H,12H2,1H3,(H,21,22). The van der Waals surface area contributed by atoms with Gasteiger partial charge in [-0.3, -0.25) is 0 Å². The molecular formula is C18H16N2O3. The number of aromatic nitrogens is 2. The molecule has 0 aliphatic rings. The SMILES string of the molecule is Cc1ccccc1-n1ncc(OCc2ccccc2)c1C(=O)O. The number of hydrogen-bond acceptors (Lipinski definition) is 3. The van der Waals surface area contributed by atoms with Gasteiger partial charge < -0.3 is 9.84 Å². The van der Waals surface area contributed by atoms with Gasteiger partial charge in [0.1, 0.15) is 6.61 Å². The summed E-state index contributed by atoms with van der Waals surface area (Å²) in [6.07, 6.45) is 1.44. The van der Waals surface area contributed by atoms with Crippen LogP contribution in [0.4, 0.5) is 0 Å². The third-order valence-electron chi connectivity index (χ3n) is 3.52. The van der Waals surface area contributed by atoms with Crippen LogP contribution in [0.15, 0.2) is 60.8 Å². The number of hydrogen-bond donors (Lipinski definition) is 1. The van der Waals surface area contributed by atoms with Gasteiger partial charge in [0, 0.05) is 0 Å². The lowest BCUT2D eigenvalue weighted by atomic mass is 10.2. The summed E-state index contributed by atoms with van der Waals surface area (Å²) in [5.74, 6) is -0.821. The second kappa shape index (κ2) is 6.36. The quantitative estimate of drug-likeness (QED) is 0.784. The van der Waals surface area contributed by atoms with Gasteiger partial charge in [-0.1, -0.05) is 48.5 Å². The summed E-state index contributed by atoms with van der Waals surface area (Å²) in [6.45, 7) is 2.20. The average molecular weight is 308 g/mol. The summed E-state index contributed by atoms with van der Waals surface area (Å²) >= 11 is 0. The highest BCUT2D eigenvalue weighted by Crippen LogP contribution is 2.24. The number of carboxylic acids is 1. The minimum Gasteiger partial charge on any atom is -0.485 e. The summed E-state index contributed by atoms with van der Waals surface area (Å²) in [5.41, 5.74) is 2.65. The molecule has 1 heterocycles. The molecule has 0 saturated heterocycles. The Balaban J connectivity index is 1.93. The summed E-state index contributed by atoms with van der Waals surface area (Å²) in [6, 6.07) is 17.1. The largest absolute Gasteiger partial charge is 0.485 e. The van der Waals surface area contributed by atoms with Crippen molar-refractivity contribution in [2.75, 3.05) is 0 Å². The van der Waals surface area contributed by atoms with E-state index < -0.39 is 5.97 Å². The molecule has 0 atom stereocenters. The molecular weight excluding hydrogens is 292 g/mol. The summed E-state index contributed by atoms with van der Waals surface area (Å²) in [7, 11) is 0. The van der Waals surface area contributed by atoms with Crippen molar-refractivity contribution < 1.29 is 14.6 Å². The maximum absolute atomic E-state index is 11.7. The molecule has 0 radical (unpaired) electrons. The Kier molecular flexibility index (Phi) is 4.10. The zero-order valence-electron chi connectivity index (χ0n) is 12.6. The van der Waals surface area contributed by atoms with Crippen LogP contribution in [0, 0.1) is 6.92 Å². The van der Waals surface area contributed by atoms with E-state index in [0.717, 1.165) is 16.8 Å². The Bertz CT molecular complexity index is 825. The van der Waals surface area contributed by atoms with Gasteiger partial charge in [0.2, 0.25) is 0 Å². The topological polar surface area (TPSA) is 64.4 Å². The van der Waals surface area contributed by atoms with Crippen molar-refractivity contribution in [1.29, 1.82) is 0 Å². The van der Waals surface area contributed by atoms with Crippen LogP contribution in [0.5, 0.6) is 5.75 Å². The number of nitrogens with zero attached hydrogens (tertiary/aromatic N) is 2. The number of carboxylic acid groups (broad SMARTS) is 1. The first-order chi connectivity index (χ1) is 11.2. The predicted octanol–water partition coefficient (Wildman–Crippen LogP) is 3.46. The zero-order chi connectivity index (χ0) is 16.2. The molecule has 23 heavy (non-hydrogen) atoms. The minimum atomic E-state index is -1.08. The van der Waals surface area contributed by atoms with Gasteiger partial charge in [0.15, 0.2) is 11.4 Å². The lowest BCUT2D eigenvalue weighted by Gasteiger charge is -2.09. The molecule has 0 amide bonds. The number of aryl methyl sites for hydroxylation is 1. The molecule has 5 nitrogen and oxygen atoms in total. The molecule has 3 aromatic rings. The number of aromatic carboxylic acids is 1. The maximum Gasteiger partial charge on any atom is 0.358 e. The number of rotatable bonds is 5. The van der Waals surface area contributed by atoms with Crippen LogP contribution < -0.4 is 4.74 Å². The van der Waals surface area contributed by atoms with E-state index >= 15 is 0 Å². The lowest BCUT2D eigenvalue weighted by molar-refractivity contribution is 0.0681. The Hall–Kier alpha value is -3.08. The first kappa shape index (κ1) is 14.8. The second-order valence-corrected chi connectivity index (χ2v) is 5.14. The van der Waals surface area contributed by atoms with Gasteiger partial charge in [-0.25, -0.2) is 9.48 Å². The van der Waals surface area contributed by atoms with E-state index in [1.807, 2.05) is 61.5 Å². The van der Waals surface area contributed by atoms with Crippen molar-refractivity contribution in [2.24, 2.45) is 0 Å². The highest BCUT2D eigenvalue weighted by molar-refractivity contribution is 5.89. The van der Waals surface area contributed by atoms with Crippen molar-refractivity contribution in [2.45, 2.75) is 13.5 Å². The van der Waals surface area contributed by atoms with Crippen LogP contribution in [-0.2, 0) is 6.61 Å². The van der Waals surface area contributed by atoms with Gasteiger partial charge in [-0.05, 0) is 24.1 Å². The molecule has 0 saturated carbocycles. The van der Waals surface area contributed by atoms with Crippen molar-refractivity contribution in [3.05, 3.63) is 77.6 Å². The Labute approximate surface area is 133 Å². The Morgan fingerprint density at radius 1 is 1.13 bits per heavy atom. The Morgan fingerprint density at radius 3 is 2.52 bits per heavy atom. The van der Waals surface area contributed by atoms with E-state index in [0.29, 0.717) is 6.61 Å². The zero-order valence-corrected chi connectivity index (χ0v) is 12.6. The molecule has 0 spiro atoms. The van der Waals surface area contributed by atoms with Crippen LogP contribution in [-0.4, -0.2) is 20.9 Å². The van der Waals surface area contributed by atoms with Crippen LogP contribution in [0.25, 0.3) is 5.69 Å². The van der Waals surface area contributed by atoms with E-state index in [4.69, 9.17) is 4.74 Å². The summed E-state index contributed by atoms with van der Waals surface area (Å²) < 4.78 is 7.06. The van der Waals surface area contributed by atoms with E-state index in [2.05, 4.69) is 5.10 Å². The summed E-state index contributed by atoms with van der Waals surface area (Å²) in [4.78, 5) is 11.7. The molecule has 0 bridgehead atoms. The van der Waals surface area contributed by atoms with E-state index in [1.165, 1.54) is 10.9 Å². The van der Waals surface area contributed by atoms with Crippen molar-refractivity contribution in [3.8, 4) is 11.4 Å². The van der Waals surface area contributed by atoms with Crippen LogP contribution in [0.3, 0.4) is 0 Å². The molecule has 1 N–H and O–H groups in total. The highest BCUT2D eigenvalue weighted by Gasteiger charge is 2.21. The van der Waals surface area contributed by atoms with Crippen molar-refractivity contribution in [3.63, 3.8) is 0 Å². The van der Waals surface area contributed by atoms with Crippen LogP contribution in [0.1, 0.15) is 21.6 Å². The first-order valence-electron chi connectivity index (χ1n) is 7.21. The molecule has 116 valence electrons. The van der Waals surface area contributed by atoms with Crippen LogP contribution >= 0.6 is 0 Å². The normalized spacial score (nSPS) is 10.5. The van der Waals surface area contributed by atoms with Crippen molar-refractivity contribution in [1.82, 2.24) is 9.78 Å². The minimum absolute atomic E-state index is 0.0234. The number of carbonyl (C=O) groups is 1. The van der Waals surface area contributed by atoms with E-state index in [-0.39, 0.29) is 11.4 Å². The number of benzene rings is 2. The fraction of sp³-hybridized carbons (Fsp3) is 0.111. The third-order valence-corrected chi connectivity index (χ3v) is 3.52. The fourth-order valence-electron chi connectivity index (χ4n) is 2.35. The first-order valence-corrected chi connectivity index (χ1v) is 7.21. The van der Waals surface area contributed by atoms with E-state index in [1.54, 1.807) is 0 Å². The average Bonchev–Trinajstić information content (AvgIpc) is 2.98. The molecule has 0 aliphatic heterocycles. The third kappa shape index (κ3) is 3.08. The molecule has 1 aromatic heterocycles. The fourth-order valence-corrected chi connectivity index (χ4v) is 2.35. The molecule has 0 aliphatic carbocycles. The predicted molar refractivity (Wildman–Crippen MR) is 86.0 cm³/mol. The molecule has 2 aromatic carbocycles. The highest BCUT2D eigenvalue weighted by atomic mass is 16.5. The number of ether oxygens (including phenoxy) is 1. The van der Waals surface area contributed by atoms with Gasteiger partial charge in [0.05, 0.1) is 11.9 Å². The maximum atomic E-state index is 11.7. The Morgan fingerprint density at radius 2 is 1.83 bits per heavy atom.